The lowest BCUT2D eigenvalue weighted by molar-refractivity contribution is -0.119. The third kappa shape index (κ3) is 2.49. The summed E-state index contributed by atoms with van der Waals surface area (Å²) in [5.74, 6) is -1.35. The number of carbonyl (C=O) groups is 3. The summed E-state index contributed by atoms with van der Waals surface area (Å²) in [5.41, 5.74) is 1.44. The molecule has 124 valence electrons. The SMILES string of the molecule is C[C@@H](C(=O)Nc1nc2ccccc2s1)N1C(=O)c2ccccc2C1=O. The van der Waals surface area contributed by atoms with E-state index in [1.165, 1.54) is 18.3 Å². The summed E-state index contributed by atoms with van der Waals surface area (Å²) in [6.07, 6.45) is 0. The Morgan fingerprint density at radius 3 is 2.28 bits per heavy atom. The lowest BCUT2D eigenvalue weighted by atomic mass is 10.1. The molecule has 1 aliphatic rings. The van der Waals surface area contributed by atoms with Gasteiger partial charge in [0.2, 0.25) is 5.91 Å². The van der Waals surface area contributed by atoms with E-state index in [1.54, 1.807) is 24.3 Å². The normalized spacial score (nSPS) is 14.7. The Morgan fingerprint density at radius 1 is 1.04 bits per heavy atom. The molecule has 0 fully saturated rings. The zero-order valence-corrected chi connectivity index (χ0v) is 14.0. The molecule has 1 aliphatic heterocycles. The van der Waals surface area contributed by atoms with Crippen molar-refractivity contribution < 1.29 is 14.4 Å². The summed E-state index contributed by atoms with van der Waals surface area (Å²) >= 11 is 1.34. The molecule has 0 saturated carbocycles. The van der Waals surface area contributed by atoms with E-state index < -0.39 is 23.8 Å². The zero-order chi connectivity index (χ0) is 17.6. The molecule has 2 aromatic carbocycles. The number of fused-ring (bicyclic) bond motifs is 2. The first kappa shape index (κ1) is 15.5. The van der Waals surface area contributed by atoms with E-state index >= 15 is 0 Å². The van der Waals surface area contributed by atoms with Crippen LogP contribution in [0.25, 0.3) is 10.2 Å². The van der Waals surface area contributed by atoms with Gasteiger partial charge in [0.25, 0.3) is 11.8 Å². The molecule has 3 amide bonds. The van der Waals surface area contributed by atoms with Crippen LogP contribution in [0.5, 0.6) is 0 Å². The van der Waals surface area contributed by atoms with Crippen LogP contribution in [0.4, 0.5) is 5.13 Å². The van der Waals surface area contributed by atoms with Gasteiger partial charge in [0.15, 0.2) is 5.13 Å². The van der Waals surface area contributed by atoms with Crippen molar-refractivity contribution in [3.05, 3.63) is 59.7 Å². The molecule has 1 atom stereocenters. The first-order chi connectivity index (χ1) is 12.1. The fourth-order valence-corrected chi connectivity index (χ4v) is 3.68. The van der Waals surface area contributed by atoms with Crippen molar-refractivity contribution >= 4 is 44.4 Å². The number of rotatable bonds is 3. The number of nitrogens with zero attached hydrogens (tertiary/aromatic N) is 2. The number of carbonyl (C=O) groups excluding carboxylic acids is 3. The van der Waals surface area contributed by atoms with Gasteiger partial charge in [0, 0.05) is 0 Å². The molecule has 0 bridgehead atoms. The maximum absolute atomic E-state index is 12.5. The number of nitrogens with one attached hydrogen (secondary N) is 1. The molecule has 1 aromatic heterocycles. The standard InChI is InChI=1S/C18H13N3O3S/c1-10(21-16(23)11-6-2-3-7-12(11)17(21)24)15(22)20-18-19-13-8-4-5-9-14(13)25-18/h2-10H,1H3,(H,19,20,22)/t10-/m0/s1. The van der Waals surface area contributed by atoms with E-state index in [2.05, 4.69) is 10.3 Å². The fourth-order valence-electron chi connectivity index (χ4n) is 2.81. The molecule has 0 saturated heterocycles. The van der Waals surface area contributed by atoms with E-state index in [1.807, 2.05) is 24.3 Å². The van der Waals surface area contributed by atoms with Crippen LogP contribution >= 0.6 is 11.3 Å². The monoisotopic (exact) mass is 351 g/mol. The minimum absolute atomic E-state index is 0.326. The van der Waals surface area contributed by atoms with Gasteiger partial charge in [0.05, 0.1) is 21.3 Å². The van der Waals surface area contributed by atoms with E-state index in [0.29, 0.717) is 16.3 Å². The second-order valence-corrected chi connectivity index (χ2v) is 6.71. The highest BCUT2D eigenvalue weighted by Crippen LogP contribution is 2.27. The number of para-hydroxylation sites is 1. The zero-order valence-electron chi connectivity index (χ0n) is 13.2. The maximum atomic E-state index is 12.5. The van der Waals surface area contributed by atoms with Gasteiger partial charge in [0.1, 0.15) is 6.04 Å². The average Bonchev–Trinajstić information content (AvgIpc) is 3.13. The molecule has 4 rings (SSSR count). The van der Waals surface area contributed by atoms with Crippen molar-refractivity contribution in [3.8, 4) is 0 Å². The second-order valence-electron chi connectivity index (χ2n) is 5.68. The predicted molar refractivity (Wildman–Crippen MR) is 94.7 cm³/mol. The number of imide groups is 1. The molecule has 0 aliphatic carbocycles. The number of hydrogen-bond acceptors (Lipinski definition) is 5. The van der Waals surface area contributed by atoms with Crippen molar-refractivity contribution in [2.24, 2.45) is 0 Å². The van der Waals surface area contributed by atoms with Gasteiger partial charge < -0.3 is 5.32 Å². The molecule has 6 nitrogen and oxygen atoms in total. The van der Waals surface area contributed by atoms with Gasteiger partial charge >= 0.3 is 0 Å². The highest BCUT2D eigenvalue weighted by atomic mass is 32.1. The van der Waals surface area contributed by atoms with Crippen LogP contribution in [0.3, 0.4) is 0 Å². The van der Waals surface area contributed by atoms with Gasteiger partial charge in [-0.15, -0.1) is 0 Å². The average molecular weight is 351 g/mol. The predicted octanol–water partition coefficient (Wildman–Crippen LogP) is 2.92. The highest BCUT2D eigenvalue weighted by molar-refractivity contribution is 7.22. The molecule has 0 radical (unpaired) electrons. The van der Waals surface area contributed by atoms with Crippen molar-refractivity contribution in [2.75, 3.05) is 5.32 Å². The van der Waals surface area contributed by atoms with E-state index in [9.17, 15) is 14.4 Å². The summed E-state index contributed by atoms with van der Waals surface area (Å²) in [4.78, 5) is 42.8. The van der Waals surface area contributed by atoms with Crippen LogP contribution in [0, 0.1) is 0 Å². The second kappa shape index (κ2) is 5.78. The summed E-state index contributed by atoms with van der Waals surface area (Å²) < 4.78 is 0.950. The van der Waals surface area contributed by atoms with Crippen molar-refractivity contribution in [2.45, 2.75) is 13.0 Å². The molecule has 0 unspecified atom stereocenters. The topological polar surface area (TPSA) is 79.4 Å². The molecular formula is C18H13N3O3S. The van der Waals surface area contributed by atoms with Crippen LogP contribution < -0.4 is 5.32 Å². The molecule has 2 heterocycles. The lowest BCUT2D eigenvalue weighted by Crippen LogP contribution is -2.45. The van der Waals surface area contributed by atoms with Gasteiger partial charge in [-0.3, -0.25) is 19.3 Å². The van der Waals surface area contributed by atoms with Crippen LogP contribution in [0.2, 0.25) is 0 Å². The summed E-state index contributed by atoms with van der Waals surface area (Å²) in [6.45, 7) is 1.53. The Bertz CT molecular complexity index is 959. The Labute approximate surface area is 147 Å². The van der Waals surface area contributed by atoms with E-state index in [-0.39, 0.29) is 0 Å². The Hall–Kier alpha value is -3.06. The third-order valence-corrected chi connectivity index (χ3v) is 5.07. The molecule has 1 N–H and O–H groups in total. The first-order valence-corrected chi connectivity index (χ1v) is 8.51. The summed E-state index contributed by atoms with van der Waals surface area (Å²) in [6, 6.07) is 13.2. The van der Waals surface area contributed by atoms with Gasteiger partial charge in [-0.2, -0.15) is 0 Å². The summed E-state index contributed by atoms with van der Waals surface area (Å²) in [7, 11) is 0. The van der Waals surface area contributed by atoms with Crippen LogP contribution in [-0.4, -0.2) is 33.6 Å². The number of benzene rings is 2. The van der Waals surface area contributed by atoms with Crippen molar-refractivity contribution in [1.29, 1.82) is 0 Å². The van der Waals surface area contributed by atoms with Gasteiger partial charge in [-0.25, -0.2) is 4.98 Å². The quantitative estimate of drug-likeness (QED) is 0.736. The van der Waals surface area contributed by atoms with Crippen LogP contribution in [0.1, 0.15) is 27.6 Å². The van der Waals surface area contributed by atoms with Crippen molar-refractivity contribution in [1.82, 2.24) is 9.88 Å². The van der Waals surface area contributed by atoms with Gasteiger partial charge in [-0.05, 0) is 31.2 Å². The lowest BCUT2D eigenvalue weighted by Gasteiger charge is -2.21. The highest BCUT2D eigenvalue weighted by Gasteiger charge is 2.40. The number of thiazole rings is 1. The molecule has 25 heavy (non-hydrogen) atoms. The number of anilines is 1. The van der Waals surface area contributed by atoms with Crippen LogP contribution in [0.15, 0.2) is 48.5 Å². The molecule has 7 heteroatoms. The Balaban J connectivity index is 1.56. The first-order valence-electron chi connectivity index (χ1n) is 7.69. The van der Waals surface area contributed by atoms with Crippen molar-refractivity contribution in [3.63, 3.8) is 0 Å². The number of hydrogen-bond donors (Lipinski definition) is 1. The minimum Gasteiger partial charge on any atom is -0.300 e. The molecular weight excluding hydrogens is 338 g/mol. The maximum Gasteiger partial charge on any atom is 0.262 e. The largest absolute Gasteiger partial charge is 0.300 e. The smallest absolute Gasteiger partial charge is 0.262 e. The third-order valence-electron chi connectivity index (χ3n) is 4.12. The number of amides is 3. The summed E-state index contributed by atoms with van der Waals surface area (Å²) in [5, 5.41) is 3.14. The van der Waals surface area contributed by atoms with Gasteiger partial charge in [-0.1, -0.05) is 35.6 Å². The molecule has 0 spiro atoms. The molecule has 3 aromatic rings. The minimum atomic E-state index is -0.931. The van der Waals surface area contributed by atoms with E-state index in [4.69, 9.17) is 0 Å². The Kier molecular flexibility index (Phi) is 3.58. The number of aromatic nitrogens is 1. The fraction of sp³-hybridized carbons (Fsp3) is 0.111. The van der Waals surface area contributed by atoms with Crippen LogP contribution in [-0.2, 0) is 4.79 Å². The Morgan fingerprint density at radius 2 is 1.64 bits per heavy atom. The van der Waals surface area contributed by atoms with E-state index in [0.717, 1.165) is 15.1 Å².